The number of rotatable bonds is 12. The Kier molecular flexibility index (Phi) is 9.33. The van der Waals surface area contributed by atoms with E-state index in [1.807, 2.05) is 6.07 Å². The molecule has 0 aliphatic heterocycles. The van der Waals surface area contributed by atoms with E-state index in [4.69, 9.17) is 9.26 Å². The molecule has 1 aromatic rings. The van der Waals surface area contributed by atoms with E-state index < -0.39 is 0 Å². The maximum Gasteiger partial charge on any atom is 0.162 e. The Bertz CT molecular complexity index is 337. The second kappa shape index (κ2) is 10.9. The molecule has 0 saturated carbocycles. The Morgan fingerprint density at radius 3 is 2.80 bits per heavy atom. The van der Waals surface area contributed by atoms with Crippen LogP contribution in [0.5, 0.6) is 0 Å². The minimum atomic E-state index is 0.533. The van der Waals surface area contributed by atoms with Crippen LogP contribution in [0.15, 0.2) is 10.6 Å². The molecule has 0 fully saturated rings. The molecule has 0 radical (unpaired) electrons. The molecule has 20 heavy (non-hydrogen) atoms. The molecule has 0 saturated heterocycles. The third-order valence-electron chi connectivity index (χ3n) is 3.10. The minimum absolute atomic E-state index is 0.533. The van der Waals surface area contributed by atoms with Gasteiger partial charge in [-0.25, -0.2) is 0 Å². The molecule has 0 bridgehead atoms. The third-order valence-corrected chi connectivity index (χ3v) is 3.10. The van der Waals surface area contributed by atoms with Crippen LogP contribution >= 0.6 is 0 Å². The molecule has 116 valence electrons. The Morgan fingerprint density at radius 2 is 2.05 bits per heavy atom. The molecule has 0 amide bonds. The van der Waals surface area contributed by atoms with Crippen LogP contribution in [0.1, 0.15) is 64.3 Å². The number of nitrogens with zero attached hydrogens (tertiary/aromatic N) is 1. The maximum atomic E-state index is 5.60. The van der Waals surface area contributed by atoms with Crippen LogP contribution < -0.4 is 5.32 Å². The first-order valence-electron chi connectivity index (χ1n) is 7.95. The van der Waals surface area contributed by atoms with Gasteiger partial charge in [0.2, 0.25) is 0 Å². The van der Waals surface area contributed by atoms with Crippen molar-refractivity contribution in [3.63, 3.8) is 0 Å². The molecule has 1 N–H and O–H groups in total. The lowest BCUT2D eigenvalue weighted by Crippen LogP contribution is -2.19. The highest BCUT2D eigenvalue weighted by molar-refractivity contribution is 5.04. The number of ether oxygens (including phenoxy) is 1. The summed E-state index contributed by atoms with van der Waals surface area (Å²) in [4.78, 5) is 0. The van der Waals surface area contributed by atoms with E-state index in [0.29, 0.717) is 12.5 Å². The topological polar surface area (TPSA) is 47.3 Å². The largest absolute Gasteiger partial charge is 0.373 e. The van der Waals surface area contributed by atoms with E-state index in [-0.39, 0.29) is 0 Å². The summed E-state index contributed by atoms with van der Waals surface area (Å²) in [5.41, 5.74) is 0.951. The van der Waals surface area contributed by atoms with E-state index in [0.717, 1.165) is 37.6 Å². The van der Waals surface area contributed by atoms with Gasteiger partial charge in [-0.05, 0) is 18.9 Å². The van der Waals surface area contributed by atoms with Crippen molar-refractivity contribution in [2.24, 2.45) is 5.92 Å². The van der Waals surface area contributed by atoms with E-state index in [1.165, 1.54) is 25.7 Å². The summed E-state index contributed by atoms with van der Waals surface area (Å²) in [5.74, 6) is 1.47. The second-order valence-corrected chi connectivity index (χ2v) is 5.78. The zero-order chi connectivity index (χ0) is 14.6. The summed E-state index contributed by atoms with van der Waals surface area (Å²) in [6, 6.07) is 1.98. The number of unbranched alkanes of at least 4 members (excludes halogenated alkanes) is 4. The molecular formula is C16H30N2O2. The number of nitrogens with one attached hydrogen (secondary N) is 1. The lowest BCUT2D eigenvalue weighted by Gasteiger charge is -2.04. The normalized spacial score (nSPS) is 11.4. The molecule has 1 heterocycles. The van der Waals surface area contributed by atoms with Crippen LogP contribution in [-0.4, -0.2) is 18.3 Å². The van der Waals surface area contributed by atoms with Crippen LogP contribution in [0.25, 0.3) is 0 Å². The third kappa shape index (κ3) is 8.33. The Morgan fingerprint density at radius 1 is 1.25 bits per heavy atom. The summed E-state index contributed by atoms with van der Waals surface area (Å²) < 4.78 is 10.9. The van der Waals surface area contributed by atoms with Gasteiger partial charge in [-0.1, -0.05) is 51.6 Å². The predicted molar refractivity (Wildman–Crippen MR) is 81.5 cm³/mol. The van der Waals surface area contributed by atoms with Gasteiger partial charge in [0.25, 0.3) is 0 Å². The van der Waals surface area contributed by atoms with Gasteiger partial charge in [0.15, 0.2) is 5.76 Å². The van der Waals surface area contributed by atoms with Gasteiger partial charge in [0, 0.05) is 19.2 Å². The van der Waals surface area contributed by atoms with Gasteiger partial charge in [0.1, 0.15) is 6.61 Å². The fourth-order valence-corrected chi connectivity index (χ4v) is 1.98. The predicted octanol–water partition coefficient (Wildman–Crippen LogP) is 3.91. The minimum Gasteiger partial charge on any atom is -0.373 e. The highest BCUT2D eigenvalue weighted by Crippen LogP contribution is 2.07. The van der Waals surface area contributed by atoms with E-state index in [9.17, 15) is 0 Å². The van der Waals surface area contributed by atoms with Crippen molar-refractivity contribution >= 4 is 0 Å². The van der Waals surface area contributed by atoms with Crippen LogP contribution in [0, 0.1) is 5.92 Å². The number of hydrogen-bond acceptors (Lipinski definition) is 4. The van der Waals surface area contributed by atoms with Gasteiger partial charge in [0.05, 0.1) is 5.69 Å². The molecule has 0 spiro atoms. The van der Waals surface area contributed by atoms with Crippen LogP contribution in [-0.2, 0) is 17.9 Å². The summed E-state index contributed by atoms with van der Waals surface area (Å²) >= 11 is 0. The Balaban J connectivity index is 2.05. The molecule has 4 nitrogen and oxygen atoms in total. The van der Waals surface area contributed by atoms with E-state index in [2.05, 4.69) is 31.2 Å². The second-order valence-electron chi connectivity index (χ2n) is 5.78. The number of hydrogen-bond donors (Lipinski definition) is 1. The zero-order valence-electron chi connectivity index (χ0n) is 13.3. The van der Waals surface area contributed by atoms with Gasteiger partial charge in [-0.3, -0.25) is 0 Å². The monoisotopic (exact) mass is 282 g/mol. The Hall–Kier alpha value is -0.870. The first kappa shape index (κ1) is 17.2. The molecule has 0 atom stereocenters. The van der Waals surface area contributed by atoms with Gasteiger partial charge in [-0.2, -0.15) is 0 Å². The first-order valence-corrected chi connectivity index (χ1v) is 7.95. The zero-order valence-corrected chi connectivity index (χ0v) is 13.3. The van der Waals surface area contributed by atoms with Crippen molar-refractivity contribution in [1.29, 1.82) is 0 Å². The molecule has 0 unspecified atom stereocenters. The molecule has 0 aliphatic carbocycles. The smallest absolute Gasteiger partial charge is 0.162 e. The fraction of sp³-hybridized carbons (Fsp3) is 0.812. The molecular weight excluding hydrogens is 252 g/mol. The lowest BCUT2D eigenvalue weighted by molar-refractivity contribution is 0.0975. The fourth-order valence-electron chi connectivity index (χ4n) is 1.98. The molecule has 1 rings (SSSR count). The molecule has 0 aliphatic rings. The van der Waals surface area contributed by atoms with Crippen molar-refractivity contribution in [1.82, 2.24) is 10.5 Å². The maximum absolute atomic E-state index is 5.60. The number of aromatic nitrogens is 1. The van der Waals surface area contributed by atoms with E-state index in [1.54, 1.807) is 0 Å². The first-order chi connectivity index (χ1) is 9.72. The van der Waals surface area contributed by atoms with Crippen molar-refractivity contribution in [2.75, 3.05) is 13.2 Å². The van der Waals surface area contributed by atoms with Gasteiger partial charge in [-0.15, -0.1) is 0 Å². The highest BCUT2D eigenvalue weighted by atomic mass is 16.5. The van der Waals surface area contributed by atoms with Crippen LogP contribution in [0.2, 0.25) is 0 Å². The van der Waals surface area contributed by atoms with Crippen molar-refractivity contribution < 1.29 is 9.26 Å². The van der Waals surface area contributed by atoms with Crippen LogP contribution in [0.3, 0.4) is 0 Å². The summed E-state index contributed by atoms with van der Waals surface area (Å²) in [6.45, 7) is 9.71. The SMILES string of the molecule is CCCCCCCOCc1cc(CNCC(C)C)no1. The lowest BCUT2D eigenvalue weighted by atomic mass is 10.2. The van der Waals surface area contributed by atoms with Crippen molar-refractivity contribution in [2.45, 2.75) is 66.0 Å². The quantitative estimate of drug-likeness (QED) is 0.590. The average molecular weight is 282 g/mol. The van der Waals surface area contributed by atoms with Gasteiger partial charge < -0.3 is 14.6 Å². The van der Waals surface area contributed by atoms with Gasteiger partial charge >= 0.3 is 0 Å². The molecule has 0 aromatic carbocycles. The summed E-state index contributed by atoms with van der Waals surface area (Å²) in [7, 11) is 0. The summed E-state index contributed by atoms with van der Waals surface area (Å²) in [6.07, 6.45) is 6.32. The average Bonchev–Trinajstić information content (AvgIpc) is 2.85. The van der Waals surface area contributed by atoms with Crippen molar-refractivity contribution in [3.05, 3.63) is 17.5 Å². The summed E-state index contributed by atoms with van der Waals surface area (Å²) in [5, 5.41) is 7.38. The highest BCUT2D eigenvalue weighted by Gasteiger charge is 2.04. The Labute approximate surface area is 123 Å². The standard InChI is InChI=1S/C16H30N2O2/c1-4-5-6-7-8-9-19-13-16-10-15(18-20-16)12-17-11-14(2)3/h10,14,17H,4-9,11-13H2,1-3H3. The molecule has 1 aromatic heterocycles. The van der Waals surface area contributed by atoms with Crippen molar-refractivity contribution in [3.8, 4) is 0 Å². The molecule has 4 heteroatoms. The van der Waals surface area contributed by atoms with Crippen LogP contribution in [0.4, 0.5) is 0 Å². The van der Waals surface area contributed by atoms with E-state index >= 15 is 0 Å².